The van der Waals surface area contributed by atoms with Crippen molar-refractivity contribution in [2.45, 2.75) is 0 Å². The number of hydrogen-bond donors (Lipinski definition) is 0. The number of fused-ring (bicyclic) bond motifs is 6. The van der Waals surface area contributed by atoms with Gasteiger partial charge >= 0.3 is 0 Å². The van der Waals surface area contributed by atoms with Gasteiger partial charge in [-0.15, -0.1) is 0 Å². The first kappa shape index (κ1) is 36.8. The fourth-order valence-corrected chi connectivity index (χ4v) is 15.4. The summed E-state index contributed by atoms with van der Waals surface area (Å²) >= 11 is 0. The van der Waals surface area contributed by atoms with Gasteiger partial charge in [0.2, 0.25) is 0 Å². The molecule has 0 saturated carbocycles. The van der Waals surface area contributed by atoms with Crippen molar-refractivity contribution in [3.8, 4) is 33.6 Å². The molecule has 0 saturated heterocycles. The van der Waals surface area contributed by atoms with Crippen LogP contribution < -0.4 is 20.7 Å². The summed E-state index contributed by atoms with van der Waals surface area (Å²) in [4.78, 5) is 0. The molecule has 2 heterocycles. The lowest BCUT2D eigenvalue weighted by molar-refractivity contribution is 1.17. The second-order valence-electron chi connectivity index (χ2n) is 16.4. The Morgan fingerprint density at radius 2 is 0.794 bits per heavy atom. The monoisotopic (exact) mass is 818 g/mol. The maximum absolute atomic E-state index is 2.98. The summed E-state index contributed by atoms with van der Waals surface area (Å²) in [5, 5.41) is 10.4. The fourth-order valence-electron chi connectivity index (χ4n) is 10.5. The van der Waals surface area contributed by atoms with Gasteiger partial charge in [-0.3, -0.25) is 0 Å². The van der Waals surface area contributed by atoms with Crippen LogP contribution in [-0.2, 0) is 0 Å². The topological polar surface area (TPSA) is 9.86 Å². The van der Waals surface area contributed by atoms with Crippen molar-refractivity contribution in [2.75, 3.05) is 0 Å². The molecule has 0 fully saturated rings. The van der Waals surface area contributed by atoms with Crippen molar-refractivity contribution in [1.82, 2.24) is 9.13 Å². The molecule has 12 aromatic rings. The van der Waals surface area contributed by atoms with Crippen LogP contribution in [0, 0.1) is 0 Å². The van der Waals surface area contributed by atoms with Gasteiger partial charge in [0.05, 0.1) is 27.8 Å². The van der Waals surface area contributed by atoms with Crippen LogP contribution in [0.3, 0.4) is 0 Å². The van der Waals surface area contributed by atoms with Gasteiger partial charge in [-0.2, -0.15) is 0 Å². The van der Waals surface area contributed by atoms with Crippen molar-refractivity contribution in [3.63, 3.8) is 0 Å². The average molecular weight is 819 g/mol. The number of aromatic nitrogens is 2. The molecule has 2 nitrogen and oxygen atoms in total. The second kappa shape index (κ2) is 15.2. The van der Waals surface area contributed by atoms with Gasteiger partial charge in [0, 0.05) is 32.8 Å². The van der Waals surface area contributed by atoms with Gasteiger partial charge in [-0.1, -0.05) is 224 Å². The van der Waals surface area contributed by atoms with Crippen molar-refractivity contribution in [3.05, 3.63) is 255 Å². The van der Waals surface area contributed by atoms with Gasteiger partial charge in [0.25, 0.3) is 0 Å². The van der Waals surface area contributed by atoms with Crippen LogP contribution in [0.5, 0.6) is 0 Å². The van der Waals surface area contributed by atoms with E-state index in [-0.39, 0.29) is 0 Å². The average Bonchev–Trinajstić information content (AvgIpc) is 3.90. The molecule has 12 rings (SSSR count). The molecular weight excluding hydrogens is 777 g/mol. The molecule has 0 aliphatic rings. The van der Waals surface area contributed by atoms with Crippen molar-refractivity contribution < 1.29 is 0 Å². The van der Waals surface area contributed by atoms with Gasteiger partial charge in [-0.05, 0) is 67.8 Å². The molecule has 0 bridgehead atoms. The molecular formula is C60H42N2Si. The van der Waals surface area contributed by atoms with E-state index in [1.807, 2.05) is 0 Å². The Kier molecular flexibility index (Phi) is 8.87. The zero-order valence-corrected chi connectivity index (χ0v) is 35.6. The van der Waals surface area contributed by atoms with Crippen molar-refractivity contribution >= 4 is 72.4 Å². The minimum absolute atomic E-state index is 1.13. The normalized spacial score (nSPS) is 11.8. The number of nitrogens with zero attached hydrogens (tertiary/aromatic N) is 2. The summed E-state index contributed by atoms with van der Waals surface area (Å²) in [6.07, 6.45) is 0. The lowest BCUT2D eigenvalue weighted by Crippen LogP contribution is -2.75. The van der Waals surface area contributed by atoms with Crippen LogP contribution in [0.2, 0.25) is 0 Å². The molecule has 2 aromatic heterocycles. The van der Waals surface area contributed by atoms with Crippen LogP contribution >= 0.6 is 0 Å². The Morgan fingerprint density at radius 3 is 1.46 bits per heavy atom. The SMILES string of the molecule is c1ccc(-c2cccc(-n3c4cccc(-n5c6ccccc6c6cccc([Si](c7ccccc7)(c7ccccc7)c7ccccc7)c65)c4c4cccc(-c5ccccc5)c43)c2)cc1. The Bertz CT molecular complexity index is 3500. The summed E-state index contributed by atoms with van der Waals surface area (Å²) in [5.41, 5.74) is 11.9. The first-order valence-corrected chi connectivity index (χ1v) is 23.8. The van der Waals surface area contributed by atoms with E-state index < -0.39 is 8.07 Å². The highest BCUT2D eigenvalue weighted by Gasteiger charge is 2.43. The highest BCUT2D eigenvalue weighted by atomic mass is 28.3. The largest absolute Gasteiger partial charge is 0.309 e. The molecule has 63 heavy (non-hydrogen) atoms. The number of hydrogen-bond acceptors (Lipinski definition) is 0. The summed E-state index contributed by atoms with van der Waals surface area (Å²) in [7, 11) is -2.98. The maximum Gasteiger partial charge on any atom is 0.181 e. The van der Waals surface area contributed by atoms with E-state index in [1.165, 1.54) is 81.1 Å². The van der Waals surface area contributed by atoms with Crippen LogP contribution in [0.4, 0.5) is 0 Å². The molecule has 0 atom stereocenters. The first-order chi connectivity index (χ1) is 31.3. The molecule has 0 N–H and O–H groups in total. The zero-order valence-electron chi connectivity index (χ0n) is 34.6. The molecule has 296 valence electrons. The predicted molar refractivity (Wildman–Crippen MR) is 270 cm³/mol. The van der Waals surface area contributed by atoms with Crippen LogP contribution in [0.15, 0.2) is 255 Å². The molecule has 0 amide bonds. The molecule has 3 heteroatoms. The highest BCUT2D eigenvalue weighted by molar-refractivity contribution is 7.20. The first-order valence-electron chi connectivity index (χ1n) is 21.8. The Balaban J connectivity index is 1.25. The second-order valence-corrected chi connectivity index (χ2v) is 20.2. The summed E-state index contributed by atoms with van der Waals surface area (Å²) in [6.45, 7) is 0. The molecule has 0 unspecified atom stereocenters. The minimum Gasteiger partial charge on any atom is -0.309 e. The molecule has 0 spiro atoms. The summed E-state index contributed by atoms with van der Waals surface area (Å²) in [5.74, 6) is 0. The van der Waals surface area contributed by atoms with Crippen molar-refractivity contribution in [1.29, 1.82) is 0 Å². The third kappa shape index (κ3) is 5.78. The van der Waals surface area contributed by atoms with Crippen molar-refractivity contribution in [2.24, 2.45) is 0 Å². The Hall–Kier alpha value is -7.98. The van der Waals surface area contributed by atoms with Gasteiger partial charge < -0.3 is 9.13 Å². The standard InChI is InChI=1S/C60H42N2Si/c1-6-22-43(23-7-1)45-26-18-27-46(42-45)61-55-39-21-40-56(58(55)53-37-19-35-50(59(53)61)44-24-8-2-9-25-44)62-54-38-17-16-34-51(54)52-36-20-41-57(60(52)62)63(47-28-10-3-11-29-47,48-30-12-4-13-31-48)49-32-14-5-15-33-49/h1-42H. The fraction of sp³-hybridized carbons (Fsp3) is 0. The third-order valence-corrected chi connectivity index (χ3v) is 17.9. The molecule has 0 radical (unpaired) electrons. The molecule has 10 aromatic carbocycles. The maximum atomic E-state index is 2.61. The molecule has 0 aliphatic heterocycles. The number of benzene rings is 10. The number of rotatable bonds is 8. The lowest BCUT2D eigenvalue weighted by atomic mass is 10.0. The summed E-state index contributed by atoms with van der Waals surface area (Å²) in [6, 6.07) is 94.3. The predicted octanol–water partition coefficient (Wildman–Crippen LogP) is 12.6. The Labute approximate surface area is 368 Å². The minimum atomic E-state index is -2.98. The van der Waals surface area contributed by atoms with E-state index >= 15 is 0 Å². The van der Waals surface area contributed by atoms with Gasteiger partial charge in [0.15, 0.2) is 8.07 Å². The van der Waals surface area contributed by atoms with Crippen LogP contribution in [0.25, 0.3) is 77.2 Å². The van der Waals surface area contributed by atoms with E-state index in [9.17, 15) is 0 Å². The third-order valence-electron chi connectivity index (χ3n) is 13.0. The van der Waals surface area contributed by atoms with Crippen LogP contribution in [-0.4, -0.2) is 17.2 Å². The quantitative estimate of drug-likeness (QED) is 0.107. The van der Waals surface area contributed by atoms with Gasteiger partial charge in [0.1, 0.15) is 0 Å². The lowest BCUT2D eigenvalue weighted by Gasteiger charge is -2.35. The smallest absolute Gasteiger partial charge is 0.181 e. The summed E-state index contributed by atoms with van der Waals surface area (Å²) < 4.78 is 5.12. The van der Waals surface area contributed by atoms with E-state index in [0.717, 1.165) is 16.9 Å². The van der Waals surface area contributed by atoms with E-state index in [0.29, 0.717) is 0 Å². The van der Waals surface area contributed by atoms with E-state index in [4.69, 9.17) is 0 Å². The van der Waals surface area contributed by atoms with E-state index in [2.05, 4.69) is 264 Å². The number of para-hydroxylation sites is 3. The highest BCUT2D eigenvalue weighted by Crippen LogP contribution is 2.43. The Morgan fingerprint density at radius 1 is 0.302 bits per heavy atom. The van der Waals surface area contributed by atoms with Crippen LogP contribution in [0.1, 0.15) is 0 Å². The zero-order chi connectivity index (χ0) is 41.7. The van der Waals surface area contributed by atoms with E-state index in [1.54, 1.807) is 0 Å². The van der Waals surface area contributed by atoms with Gasteiger partial charge in [-0.25, -0.2) is 0 Å². The molecule has 0 aliphatic carbocycles.